The van der Waals surface area contributed by atoms with E-state index < -0.39 is 17.8 Å². The SMILES string of the molecule is CCCc1nn(-c2cnc(C3CNCCO3)c(F)c2)c(C(N)=O)c1Cl. The van der Waals surface area contributed by atoms with E-state index in [1.165, 1.54) is 16.9 Å². The van der Waals surface area contributed by atoms with Gasteiger partial charge in [-0.3, -0.25) is 9.78 Å². The van der Waals surface area contributed by atoms with Gasteiger partial charge in [-0.15, -0.1) is 0 Å². The van der Waals surface area contributed by atoms with Crippen molar-refractivity contribution in [2.45, 2.75) is 25.9 Å². The van der Waals surface area contributed by atoms with Gasteiger partial charge in [-0.2, -0.15) is 5.10 Å². The van der Waals surface area contributed by atoms with E-state index in [1.54, 1.807) is 0 Å². The summed E-state index contributed by atoms with van der Waals surface area (Å²) in [5.41, 5.74) is 6.48. The third-order valence-electron chi connectivity index (χ3n) is 3.95. The highest BCUT2D eigenvalue weighted by molar-refractivity contribution is 6.34. The number of carbonyl (C=O) groups excluding carboxylic acids is 1. The van der Waals surface area contributed by atoms with Crippen molar-refractivity contribution in [3.63, 3.8) is 0 Å². The predicted molar refractivity (Wildman–Crippen MR) is 90.4 cm³/mol. The normalized spacial score (nSPS) is 17.6. The van der Waals surface area contributed by atoms with E-state index in [0.717, 1.165) is 13.0 Å². The fourth-order valence-electron chi connectivity index (χ4n) is 2.77. The first kappa shape index (κ1) is 17.8. The number of nitrogens with two attached hydrogens (primary N) is 1. The molecule has 1 atom stereocenters. The fraction of sp³-hybridized carbons (Fsp3) is 0.438. The number of hydrogen-bond acceptors (Lipinski definition) is 5. The maximum absolute atomic E-state index is 14.5. The molecule has 3 rings (SSSR count). The van der Waals surface area contributed by atoms with Crippen LogP contribution in [0.2, 0.25) is 5.02 Å². The quantitative estimate of drug-likeness (QED) is 0.839. The molecule has 2 aromatic heterocycles. The summed E-state index contributed by atoms with van der Waals surface area (Å²) in [5.74, 6) is -1.27. The van der Waals surface area contributed by atoms with Crippen LogP contribution in [0.3, 0.4) is 0 Å². The Morgan fingerprint density at radius 2 is 2.40 bits per heavy atom. The van der Waals surface area contributed by atoms with Gasteiger partial charge in [0.2, 0.25) is 0 Å². The molecule has 0 radical (unpaired) electrons. The molecule has 0 bridgehead atoms. The third kappa shape index (κ3) is 3.51. The van der Waals surface area contributed by atoms with Gasteiger partial charge in [0.05, 0.1) is 29.2 Å². The first-order valence-corrected chi connectivity index (χ1v) is 8.46. The van der Waals surface area contributed by atoms with E-state index in [2.05, 4.69) is 15.4 Å². The summed E-state index contributed by atoms with van der Waals surface area (Å²) in [5, 5.41) is 7.63. The van der Waals surface area contributed by atoms with Crippen molar-refractivity contribution in [3.05, 3.63) is 40.2 Å². The minimum Gasteiger partial charge on any atom is -0.369 e. The molecule has 134 valence electrons. The first-order valence-electron chi connectivity index (χ1n) is 8.08. The number of carbonyl (C=O) groups is 1. The molecule has 3 N–H and O–H groups in total. The minimum atomic E-state index is -0.732. The lowest BCUT2D eigenvalue weighted by atomic mass is 10.2. The summed E-state index contributed by atoms with van der Waals surface area (Å²) >= 11 is 6.22. The van der Waals surface area contributed by atoms with Crippen LogP contribution in [0.4, 0.5) is 4.39 Å². The van der Waals surface area contributed by atoms with E-state index in [9.17, 15) is 9.18 Å². The Balaban J connectivity index is 2.00. The van der Waals surface area contributed by atoms with Crippen molar-refractivity contribution in [2.24, 2.45) is 5.73 Å². The van der Waals surface area contributed by atoms with Crippen molar-refractivity contribution in [1.82, 2.24) is 20.1 Å². The second-order valence-electron chi connectivity index (χ2n) is 5.76. The van der Waals surface area contributed by atoms with Crippen LogP contribution < -0.4 is 11.1 Å². The molecule has 3 heterocycles. The Morgan fingerprint density at radius 1 is 1.60 bits per heavy atom. The number of rotatable bonds is 5. The van der Waals surface area contributed by atoms with Gasteiger partial charge < -0.3 is 15.8 Å². The standard InChI is InChI=1S/C16H19ClFN5O2/c1-2-3-11-13(17)15(16(19)24)23(22-11)9-6-10(18)14(21-7-9)12-8-20-4-5-25-12/h6-7,12,20H,2-5,8H2,1H3,(H2,19,24). The lowest BCUT2D eigenvalue weighted by Crippen LogP contribution is -2.34. The molecule has 9 heteroatoms. The van der Waals surface area contributed by atoms with Crippen LogP contribution in [0, 0.1) is 5.82 Å². The predicted octanol–water partition coefficient (Wildman–Crippen LogP) is 1.77. The summed E-state index contributed by atoms with van der Waals surface area (Å²) in [6, 6.07) is 1.26. The maximum Gasteiger partial charge on any atom is 0.269 e. The molecule has 25 heavy (non-hydrogen) atoms. The van der Waals surface area contributed by atoms with Crippen LogP contribution in [-0.2, 0) is 11.2 Å². The van der Waals surface area contributed by atoms with Gasteiger partial charge in [0.1, 0.15) is 17.6 Å². The van der Waals surface area contributed by atoms with Crippen LogP contribution in [0.15, 0.2) is 12.3 Å². The average Bonchev–Trinajstić information content (AvgIpc) is 2.93. The largest absolute Gasteiger partial charge is 0.369 e. The average molecular weight is 368 g/mol. The molecular weight excluding hydrogens is 349 g/mol. The second-order valence-corrected chi connectivity index (χ2v) is 6.14. The molecule has 1 fully saturated rings. The molecule has 1 saturated heterocycles. The van der Waals surface area contributed by atoms with Gasteiger partial charge in [0.25, 0.3) is 5.91 Å². The number of ether oxygens (including phenoxy) is 1. The molecule has 0 aromatic carbocycles. The van der Waals surface area contributed by atoms with Crippen molar-refractivity contribution < 1.29 is 13.9 Å². The monoisotopic (exact) mass is 367 g/mol. The van der Waals surface area contributed by atoms with Gasteiger partial charge in [0, 0.05) is 19.2 Å². The van der Waals surface area contributed by atoms with Crippen molar-refractivity contribution in [3.8, 4) is 5.69 Å². The zero-order chi connectivity index (χ0) is 18.0. The third-order valence-corrected chi connectivity index (χ3v) is 4.34. The highest BCUT2D eigenvalue weighted by Gasteiger charge is 2.24. The minimum absolute atomic E-state index is 0.0228. The van der Waals surface area contributed by atoms with Crippen LogP contribution in [0.25, 0.3) is 5.69 Å². The summed E-state index contributed by atoms with van der Waals surface area (Å²) in [7, 11) is 0. The second kappa shape index (κ2) is 7.47. The summed E-state index contributed by atoms with van der Waals surface area (Å²) < 4.78 is 21.3. The number of nitrogens with zero attached hydrogens (tertiary/aromatic N) is 3. The Bertz CT molecular complexity index is 789. The maximum atomic E-state index is 14.5. The molecule has 1 unspecified atom stereocenters. The number of amides is 1. The van der Waals surface area contributed by atoms with Crippen LogP contribution >= 0.6 is 11.6 Å². The molecule has 2 aromatic rings. The molecule has 0 aliphatic carbocycles. The Morgan fingerprint density at radius 3 is 3.00 bits per heavy atom. The number of aromatic nitrogens is 3. The molecule has 1 aliphatic heterocycles. The topological polar surface area (TPSA) is 95.1 Å². The van der Waals surface area contributed by atoms with E-state index in [0.29, 0.717) is 25.3 Å². The number of hydrogen-bond donors (Lipinski definition) is 2. The van der Waals surface area contributed by atoms with Crippen LogP contribution in [0.5, 0.6) is 0 Å². The smallest absolute Gasteiger partial charge is 0.269 e. The van der Waals surface area contributed by atoms with Crippen molar-refractivity contribution >= 4 is 17.5 Å². The van der Waals surface area contributed by atoms with Crippen molar-refractivity contribution in [2.75, 3.05) is 19.7 Å². The van der Waals surface area contributed by atoms with E-state index in [4.69, 9.17) is 22.1 Å². The fourth-order valence-corrected chi connectivity index (χ4v) is 3.08. The molecule has 1 aliphatic rings. The number of pyridine rings is 1. The Labute approximate surface area is 149 Å². The number of halogens is 2. The molecule has 1 amide bonds. The van der Waals surface area contributed by atoms with Gasteiger partial charge >= 0.3 is 0 Å². The highest BCUT2D eigenvalue weighted by Crippen LogP contribution is 2.26. The zero-order valence-electron chi connectivity index (χ0n) is 13.8. The molecular formula is C16H19ClFN5O2. The highest BCUT2D eigenvalue weighted by atomic mass is 35.5. The molecule has 0 saturated carbocycles. The van der Waals surface area contributed by atoms with Gasteiger partial charge in [-0.25, -0.2) is 9.07 Å². The van der Waals surface area contributed by atoms with Crippen LogP contribution in [-0.4, -0.2) is 40.4 Å². The Kier molecular flexibility index (Phi) is 5.31. The van der Waals surface area contributed by atoms with Gasteiger partial charge in [-0.1, -0.05) is 24.9 Å². The van der Waals surface area contributed by atoms with Crippen molar-refractivity contribution in [1.29, 1.82) is 0 Å². The summed E-state index contributed by atoms with van der Waals surface area (Å²) in [6.07, 6.45) is 2.37. The van der Waals surface area contributed by atoms with Gasteiger partial charge in [-0.05, 0) is 6.42 Å². The summed E-state index contributed by atoms with van der Waals surface area (Å²) in [4.78, 5) is 15.9. The summed E-state index contributed by atoms with van der Waals surface area (Å²) in [6.45, 7) is 3.68. The lowest BCUT2D eigenvalue weighted by Gasteiger charge is -2.23. The number of aryl methyl sites for hydroxylation is 1. The zero-order valence-corrected chi connectivity index (χ0v) is 14.5. The first-order chi connectivity index (χ1) is 12.0. The molecule has 0 spiro atoms. The molecule has 7 nitrogen and oxygen atoms in total. The lowest BCUT2D eigenvalue weighted by molar-refractivity contribution is 0.0226. The number of nitrogens with one attached hydrogen (secondary N) is 1. The van der Waals surface area contributed by atoms with E-state index in [1.807, 2.05) is 6.92 Å². The number of morpholine rings is 1. The van der Waals surface area contributed by atoms with Crippen LogP contribution in [0.1, 0.15) is 41.3 Å². The van der Waals surface area contributed by atoms with E-state index in [-0.39, 0.29) is 22.1 Å². The van der Waals surface area contributed by atoms with Gasteiger partial charge in [0.15, 0.2) is 5.69 Å². The number of primary amides is 1. The van der Waals surface area contributed by atoms with E-state index >= 15 is 0 Å². The Hall–Kier alpha value is -2.03.